The van der Waals surface area contributed by atoms with Crippen LogP contribution in [0.4, 0.5) is 5.69 Å². The third-order valence-electron chi connectivity index (χ3n) is 4.08. The number of sulfonamides is 1. The van der Waals surface area contributed by atoms with Crippen molar-refractivity contribution in [3.8, 4) is 5.75 Å². The van der Waals surface area contributed by atoms with Crippen LogP contribution in [-0.2, 0) is 10.0 Å². The Morgan fingerprint density at radius 1 is 1.29 bits per heavy atom. The Bertz CT molecular complexity index is 554. The summed E-state index contributed by atoms with van der Waals surface area (Å²) in [6.45, 7) is 1.99. The largest absolute Gasteiger partial charge is 0.495 e. The number of benzene rings is 1. The molecule has 0 aromatic heterocycles. The first kappa shape index (κ1) is 16.1. The van der Waals surface area contributed by atoms with Gasteiger partial charge in [-0.25, -0.2) is 8.42 Å². The van der Waals surface area contributed by atoms with Crippen molar-refractivity contribution in [3.05, 3.63) is 24.3 Å². The Balaban J connectivity index is 2.04. The van der Waals surface area contributed by atoms with Crippen LogP contribution in [0.5, 0.6) is 5.75 Å². The second kappa shape index (κ2) is 7.13. The molecule has 0 atom stereocenters. The molecule has 1 aliphatic heterocycles. The topological polar surface area (TPSA) is 58.6 Å². The highest BCUT2D eigenvalue weighted by atomic mass is 32.2. The highest BCUT2D eigenvalue weighted by Gasteiger charge is 2.23. The van der Waals surface area contributed by atoms with Gasteiger partial charge in [0.1, 0.15) is 5.75 Å². The van der Waals surface area contributed by atoms with Crippen molar-refractivity contribution < 1.29 is 13.2 Å². The first-order valence-corrected chi connectivity index (χ1v) is 8.96. The highest BCUT2D eigenvalue weighted by molar-refractivity contribution is 7.92. The van der Waals surface area contributed by atoms with Gasteiger partial charge >= 0.3 is 0 Å². The smallest absolute Gasteiger partial charge is 0.235 e. The van der Waals surface area contributed by atoms with E-state index >= 15 is 0 Å². The number of para-hydroxylation sites is 2. The molecular formula is C15H24N2O3S. The van der Waals surface area contributed by atoms with Crippen molar-refractivity contribution in [2.75, 3.05) is 37.3 Å². The van der Waals surface area contributed by atoms with E-state index in [9.17, 15) is 8.42 Å². The molecule has 0 saturated carbocycles. The molecule has 1 fully saturated rings. The van der Waals surface area contributed by atoms with E-state index in [-0.39, 0.29) is 5.75 Å². The first-order valence-electron chi connectivity index (χ1n) is 7.35. The molecule has 0 amide bonds. The van der Waals surface area contributed by atoms with Crippen molar-refractivity contribution in [1.29, 1.82) is 0 Å². The number of rotatable bonds is 6. The molecule has 1 heterocycles. The van der Waals surface area contributed by atoms with Gasteiger partial charge in [0.2, 0.25) is 10.0 Å². The Kier molecular flexibility index (Phi) is 5.47. The molecule has 118 valence electrons. The summed E-state index contributed by atoms with van der Waals surface area (Å²) in [5.41, 5.74) is 0.588. The first-order chi connectivity index (χ1) is 10.0. The average Bonchev–Trinajstić information content (AvgIpc) is 2.53. The van der Waals surface area contributed by atoms with E-state index in [1.54, 1.807) is 26.3 Å². The summed E-state index contributed by atoms with van der Waals surface area (Å²) in [7, 11) is -0.170. The van der Waals surface area contributed by atoms with Gasteiger partial charge in [0.05, 0.1) is 18.6 Å². The molecular weight excluding hydrogens is 288 g/mol. The van der Waals surface area contributed by atoms with E-state index in [0.29, 0.717) is 17.4 Å². The van der Waals surface area contributed by atoms with Crippen molar-refractivity contribution in [2.24, 2.45) is 5.92 Å². The van der Waals surface area contributed by atoms with Gasteiger partial charge in [-0.15, -0.1) is 0 Å². The maximum atomic E-state index is 12.5. The summed E-state index contributed by atoms with van der Waals surface area (Å²) in [5, 5.41) is 3.30. The van der Waals surface area contributed by atoms with Crippen LogP contribution in [0.15, 0.2) is 24.3 Å². The minimum Gasteiger partial charge on any atom is -0.495 e. The molecule has 2 rings (SSSR count). The number of anilines is 1. The molecule has 0 aliphatic carbocycles. The molecule has 21 heavy (non-hydrogen) atoms. The maximum absolute atomic E-state index is 12.5. The van der Waals surface area contributed by atoms with Crippen LogP contribution >= 0.6 is 0 Å². The van der Waals surface area contributed by atoms with E-state index < -0.39 is 10.0 Å². The Hall–Kier alpha value is -1.27. The second-order valence-electron chi connectivity index (χ2n) is 5.44. The van der Waals surface area contributed by atoms with Crippen molar-refractivity contribution in [2.45, 2.75) is 19.3 Å². The summed E-state index contributed by atoms with van der Waals surface area (Å²) in [6.07, 6.45) is 2.85. The van der Waals surface area contributed by atoms with Gasteiger partial charge in [0, 0.05) is 7.05 Å². The molecule has 1 N–H and O–H groups in total. The lowest BCUT2D eigenvalue weighted by molar-refractivity contribution is 0.365. The van der Waals surface area contributed by atoms with Gasteiger partial charge in [-0.3, -0.25) is 4.31 Å². The van der Waals surface area contributed by atoms with Crippen LogP contribution in [0.25, 0.3) is 0 Å². The van der Waals surface area contributed by atoms with Crippen LogP contribution < -0.4 is 14.4 Å². The van der Waals surface area contributed by atoms with Crippen LogP contribution in [0.1, 0.15) is 19.3 Å². The summed E-state index contributed by atoms with van der Waals surface area (Å²) < 4.78 is 31.6. The summed E-state index contributed by atoms with van der Waals surface area (Å²) in [5.74, 6) is 1.27. The fourth-order valence-corrected chi connectivity index (χ4v) is 4.02. The average molecular weight is 312 g/mol. The Labute approximate surface area is 127 Å². The van der Waals surface area contributed by atoms with Crippen molar-refractivity contribution in [1.82, 2.24) is 5.32 Å². The molecule has 1 aromatic carbocycles. The lowest BCUT2D eigenvalue weighted by atomic mass is 9.96. The standard InChI is InChI=1S/C15H24N2O3S/c1-17(14-5-3-4-6-15(14)20-2)21(18,19)12-9-13-7-10-16-11-8-13/h3-6,13,16H,7-12H2,1-2H3. The van der Waals surface area contributed by atoms with Crippen LogP contribution in [0, 0.1) is 5.92 Å². The summed E-state index contributed by atoms with van der Waals surface area (Å²) in [4.78, 5) is 0. The van der Waals surface area contributed by atoms with Crippen molar-refractivity contribution in [3.63, 3.8) is 0 Å². The van der Waals surface area contributed by atoms with E-state index in [1.807, 2.05) is 12.1 Å². The van der Waals surface area contributed by atoms with Gasteiger partial charge in [-0.1, -0.05) is 12.1 Å². The van der Waals surface area contributed by atoms with E-state index in [1.165, 1.54) is 4.31 Å². The Morgan fingerprint density at radius 3 is 2.62 bits per heavy atom. The molecule has 6 heteroatoms. The van der Waals surface area contributed by atoms with Gasteiger partial charge in [0.15, 0.2) is 0 Å². The number of nitrogens with zero attached hydrogens (tertiary/aromatic N) is 1. The summed E-state index contributed by atoms with van der Waals surface area (Å²) >= 11 is 0. The number of hydrogen-bond acceptors (Lipinski definition) is 4. The zero-order chi connectivity index (χ0) is 15.3. The number of nitrogens with one attached hydrogen (secondary N) is 1. The minimum atomic E-state index is -3.31. The predicted octanol–water partition coefficient (Wildman–Crippen LogP) is 1.85. The van der Waals surface area contributed by atoms with Gasteiger partial charge in [-0.2, -0.15) is 0 Å². The second-order valence-corrected chi connectivity index (χ2v) is 7.56. The zero-order valence-corrected chi connectivity index (χ0v) is 13.5. The number of methoxy groups -OCH3 is 1. The normalized spacial score (nSPS) is 16.7. The maximum Gasteiger partial charge on any atom is 0.235 e. The third kappa shape index (κ3) is 4.11. The highest BCUT2D eigenvalue weighted by Crippen LogP contribution is 2.29. The van der Waals surface area contributed by atoms with Crippen LogP contribution in [0.3, 0.4) is 0 Å². The minimum absolute atomic E-state index is 0.187. The summed E-state index contributed by atoms with van der Waals surface area (Å²) in [6, 6.07) is 7.18. The SMILES string of the molecule is COc1ccccc1N(C)S(=O)(=O)CCC1CCNCC1. The lowest BCUT2D eigenvalue weighted by Crippen LogP contribution is -2.32. The van der Waals surface area contributed by atoms with Crippen molar-refractivity contribution >= 4 is 15.7 Å². The molecule has 1 aromatic rings. The molecule has 0 bridgehead atoms. The van der Waals surface area contributed by atoms with E-state index in [4.69, 9.17) is 4.74 Å². The number of hydrogen-bond donors (Lipinski definition) is 1. The lowest BCUT2D eigenvalue weighted by Gasteiger charge is -2.25. The molecule has 1 aliphatic rings. The van der Waals surface area contributed by atoms with E-state index in [2.05, 4.69) is 5.32 Å². The fraction of sp³-hybridized carbons (Fsp3) is 0.600. The molecule has 0 spiro atoms. The molecule has 5 nitrogen and oxygen atoms in total. The number of piperidine rings is 1. The van der Waals surface area contributed by atoms with Gasteiger partial charge < -0.3 is 10.1 Å². The zero-order valence-electron chi connectivity index (χ0n) is 12.7. The monoisotopic (exact) mass is 312 g/mol. The van der Waals surface area contributed by atoms with Gasteiger partial charge in [-0.05, 0) is 50.4 Å². The molecule has 1 saturated heterocycles. The number of ether oxygens (including phenoxy) is 1. The van der Waals surface area contributed by atoms with Crippen LogP contribution in [-0.4, -0.2) is 41.4 Å². The van der Waals surface area contributed by atoms with Gasteiger partial charge in [0.25, 0.3) is 0 Å². The van der Waals surface area contributed by atoms with Crippen LogP contribution in [0.2, 0.25) is 0 Å². The predicted molar refractivity (Wildman–Crippen MR) is 85.4 cm³/mol. The third-order valence-corrected chi connectivity index (χ3v) is 5.87. The molecule has 0 radical (unpaired) electrons. The fourth-order valence-electron chi connectivity index (χ4n) is 2.66. The quantitative estimate of drug-likeness (QED) is 0.871. The Morgan fingerprint density at radius 2 is 1.95 bits per heavy atom. The molecule has 0 unspecified atom stereocenters. The van der Waals surface area contributed by atoms with E-state index in [0.717, 1.165) is 32.4 Å².